The van der Waals surface area contributed by atoms with Crippen LogP contribution < -0.4 is 25.3 Å². The van der Waals surface area contributed by atoms with Crippen LogP contribution in [0.2, 0.25) is 0 Å². The maximum absolute atomic E-state index is 12.3. The van der Waals surface area contributed by atoms with Gasteiger partial charge in [-0.2, -0.15) is 0 Å². The van der Waals surface area contributed by atoms with Gasteiger partial charge >= 0.3 is 0 Å². The van der Waals surface area contributed by atoms with Gasteiger partial charge in [0.1, 0.15) is 0 Å². The summed E-state index contributed by atoms with van der Waals surface area (Å²) in [5, 5.41) is 2.86. The first kappa shape index (κ1) is 16.1. The highest BCUT2D eigenvalue weighted by atomic mass is 16.5. The van der Waals surface area contributed by atoms with Crippen LogP contribution in [0.25, 0.3) is 0 Å². The van der Waals surface area contributed by atoms with Gasteiger partial charge in [-0.25, -0.2) is 0 Å². The van der Waals surface area contributed by atoms with Crippen LogP contribution in [-0.4, -0.2) is 39.8 Å². The molecule has 6 nitrogen and oxygen atoms in total. The molecule has 20 heavy (non-hydrogen) atoms. The Morgan fingerprint density at radius 3 is 2.30 bits per heavy atom. The lowest BCUT2D eigenvalue weighted by Gasteiger charge is -2.18. The lowest BCUT2D eigenvalue weighted by molar-refractivity contribution is 0.0933. The standard InChI is InChI=1S/C14H22N2O4/c1-5-9(8-15)16-14(17)10-6-7-11(18-2)13(20-4)12(10)19-3/h6-7,9H,5,8,15H2,1-4H3,(H,16,17). The summed E-state index contributed by atoms with van der Waals surface area (Å²) in [6.45, 7) is 2.35. The molecule has 1 unspecified atom stereocenters. The van der Waals surface area contributed by atoms with Crippen molar-refractivity contribution in [2.24, 2.45) is 5.73 Å². The third-order valence-electron chi connectivity index (χ3n) is 3.06. The molecular weight excluding hydrogens is 260 g/mol. The summed E-state index contributed by atoms with van der Waals surface area (Å²) in [6.07, 6.45) is 0.762. The van der Waals surface area contributed by atoms with Gasteiger partial charge in [0, 0.05) is 12.6 Å². The fraction of sp³-hybridized carbons (Fsp3) is 0.500. The van der Waals surface area contributed by atoms with Gasteiger partial charge in [-0.3, -0.25) is 4.79 Å². The predicted octanol–water partition coefficient (Wildman–Crippen LogP) is 1.18. The Balaban J connectivity index is 3.14. The minimum atomic E-state index is -0.250. The van der Waals surface area contributed by atoms with Crippen LogP contribution in [0.15, 0.2) is 12.1 Å². The Morgan fingerprint density at radius 2 is 1.85 bits per heavy atom. The first-order valence-corrected chi connectivity index (χ1v) is 6.42. The second kappa shape index (κ2) is 7.59. The van der Waals surface area contributed by atoms with Crippen molar-refractivity contribution in [3.05, 3.63) is 17.7 Å². The summed E-state index contributed by atoms with van der Waals surface area (Å²) in [5.41, 5.74) is 5.98. The number of amides is 1. The number of carbonyl (C=O) groups is 1. The zero-order valence-corrected chi connectivity index (χ0v) is 12.4. The highest BCUT2D eigenvalue weighted by Crippen LogP contribution is 2.39. The molecule has 6 heteroatoms. The topological polar surface area (TPSA) is 82.8 Å². The summed E-state index contributed by atoms with van der Waals surface area (Å²) in [7, 11) is 4.50. The zero-order chi connectivity index (χ0) is 15.1. The molecule has 1 aromatic rings. The molecule has 1 amide bonds. The second-order valence-electron chi connectivity index (χ2n) is 4.20. The van der Waals surface area contributed by atoms with Crippen molar-refractivity contribution in [3.63, 3.8) is 0 Å². The van der Waals surface area contributed by atoms with Crippen LogP contribution in [0.5, 0.6) is 17.2 Å². The van der Waals surface area contributed by atoms with Crippen molar-refractivity contribution < 1.29 is 19.0 Å². The van der Waals surface area contributed by atoms with Crippen LogP contribution in [0, 0.1) is 0 Å². The van der Waals surface area contributed by atoms with Gasteiger partial charge in [0.05, 0.1) is 26.9 Å². The van der Waals surface area contributed by atoms with E-state index >= 15 is 0 Å². The normalized spacial score (nSPS) is 11.7. The molecule has 1 atom stereocenters. The van der Waals surface area contributed by atoms with E-state index in [2.05, 4.69) is 5.32 Å². The van der Waals surface area contributed by atoms with Gasteiger partial charge in [0.2, 0.25) is 5.75 Å². The number of methoxy groups -OCH3 is 3. The fourth-order valence-electron chi connectivity index (χ4n) is 1.87. The predicted molar refractivity (Wildman–Crippen MR) is 76.7 cm³/mol. The van der Waals surface area contributed by atoms with Crippen molar-refractivity contribution in [1.29, 1.82) is 0 Å². The number of ether oxygens (including phenoxy) is 3. The molecule has 0 radical (unpaired) electrons. The number of nitrogens with two attached hydrogens (primary N) is 1. The van der Waals surface area contributed by atoms with Crippen molar-refractivity contribution in [3.8, 4) is 17.2 Å². The third kappa shape index (κ3) is 3.33. The molecule has 1 rings (SSSR count). The molecule has 0 heterocycles. The molecule has 0 aliphatic rings. The Kier molecular flexibility index (Phi) is 6.11. The molecule has 0 spiro atoms. The number of carbonyl (C=O) groups excluding carboxylic acids is 1. The summed E-state index contributed by atoms with van der Waals surface area (Å²) in [6, 6.07) is 3.23. The molecule has 112 valence electrons. The van der Waals surface area contributed by atoms with Crippen LogP contribution in [0.4, 0.5) is 0 Å². The van der Waals surface area contributed by atoms with Gasteiger partial charge in [-0.15, -0.1) is 0 Å². The maximum atomic E-state index is 12.3. The summed E-state index contributed by atoms with van der Waals surface area (Å²) in [4.78, 5) is 12.3. The number of nitrogens with one attached hydrogen (secondary N) is 1. The Bertz CT molecular complexity index is 459. The van der Waals surface area contributed by atoms with Gasteiger partial charge in [-0.1, -0.05) is 6.92 Å². The molecule has 0 bridgehead atoms. The number of benzene rings is 1. The lowest BCUT2D eigenvalue weighted by atomic mass is 10.1. The van der Waals surface area contributed by atoms with E-state index in [4.69, 9.17) is 19.9 Å². The van der Waals surface area contributed by atoms with E-state index in [1.807, 2.05) is 6.92 Å². The fourth-order valence-corrected chi connectivity index (χ4v) is 1.87. The van der Waals surface area contributed by atoms with E-state index in [9.17, 15) is 4.79 Å². The van der Waals surface area contributed by atoms with E-state index in [1.54, 1.807) is 12.1 Å². The second-order valence-corrected chi connectivity index (χ2v) is 4.20. The highest BCUT2D eigenvalue weighted by Gasteiger charge is 2.21. The van der Waals surface area contributed by atoms with Crippen molar-refractivity contribution in [1.82, 2.24) is 5.32 Å². The molecular formula is C14H22N2O4. The summed E-state index contributed by atoms with van der Waals surface area (Å²) in [5.74, 6) is 0.992. The van der Waals surface area contributed by atoms with Gasteiger partial charge in [-0.05, 0) is 18.6 Å². The summed E-state index contributed by atoms with van der Waals surface area (Å²) >= 11 is 0. The Hall–Kier alpha value is -1.95. The first-order chi connectivity index (χ1) is 9.62. The average molecular weight is 282 g/mol. The van der Waals surface area contributed by atoms with Crippen molar-refractivity contribution in [2.45, 2.75) is 19.4 Å². The van der Waals surface area contributed by atoms with Gasteiger partial charge < -0.3 is 25.3 Å². The number of hydrogen-bond acceptors (Lipinski definition) is 5. The molecule has 0 saturated heterocycles. The molecule has 0 aliphatic carbocycles. The van der Waals surface area contributed by atoms with Gasteiger partial charge in [0.15, 0.2) is 11.5 Å². The SMILES string of the molecule is CCC(CN)NC(=O)c1ccc(OC)c(OC)c1OC. The smallest absolute Gasteiger partial charge is 0.255 e. The minimum Gasteiger partial charge on any atom is -0.493 e. The quantitative estimate of drug-likeness (QED) is 0.784. The lowest BCUT2D eigenvalue weighted by Crippen LogP contribution is -2.39. The van der Waals surface area contributed by atoms with Crippen molar-refractivity contribution in [2.75, 3.05) is 27.9 Å². The van der Waals surface area contributed by atoms with Crippen LogP contribution >= 0.6 is 0 Å². The third-order valence-corrected chi connectivity index (χ3v) is 3.06. The largest absolute Gasteiger partial charge is 0.493 e. The van der Waals surface area contributed by atoms with E-state index in [0.717, 1.165) is 6.42 Å². The van der Waals surface area contributed by atoms with E-state index < -0.39 is 0 Å². The van der Waals surface area contributed by atoms with E-state index in [1.165, 1.54) is 21.3 Å². The molecule has 0 saturated carbocycles. The zero-order valence-electron chi connectivity index (χ0n) is 12.4. The molecule has 1 aromatic carbocycles. The Morgan fingerprint density at radius 1 is 1.20 bits per heavy atom. The number of rotatable bonds is 7. The number of hydrogen-bond donors (Lipinski definition) is 2. The van der Waals surface area contributed by atoms with Crippen molar-refractivity contribution >= 4 is 5.91 Å². The van der Waals surface area contributed by atoms with Gasteiger partial charge in [0.25, 0.3) is 5.91 Å². The highest BCUT2D eigenvalue weighted by molar-refractivity contribution is 5.98. The minimum absolute atomic E-state index is 0.0692. The monoisotopic (exact) mass is 282 g/mol. The van der Waals surface area contributed by atoms with Crippen LogP contribution in [0.1, 0.15) is 23.7 Å². The molecule has 3 N–H and O–H groups in total. The first-order valence-electron chi connectivity index (χ1n) is 6.42. The molecule has 0 fully saturated rings. The molecule has 0 aromatic heterocycles. The van der Waals surface area contributed by atoms with Crippen LogP contribution in [0.3, 0.4) is 0 Å². The molecule has 0 aliphatic heterocycles. The van der Waals surface area contributed by atoms with E-state index in [-0.39, 0.29) is 11.9 Å². The maximum Gasteiger partial charge on any atom is 0.255 e. The van der Waals surface area contributed by atoms with E-state index in [0.29, 0.717) is 29.4 Å². The average Bonchev–Trinajstić information content (AvgIpc) is 2.50. The summed E-state index contributed by atoms with van der Waals surface area (Å²) < 4.78 is 15.7. The Labute approximate surface area is 119 Å². The van der Waals surface area contributed by atoms with Crippen LogP contribution in [-0.2, 0) is 0 Å².